The molecule has 4 nitrogen and oxygen atoms in total. The van der Waals surface area contributed by atoms with Crippen LogP contribution in [0, 0.1) is 0 Å². The van der Waals surface area contributed by atoms with E-state index in [2.05, 4.69) is 218 Å². The van der Waals surface area contributed by atoms with Crippen LogP contribution in [0.3, 0.4) is 0 Å². The van der Waals surface area contributed by atoms with Gasteiger partial charge < -0.3 is 0 Å². The number of aromatic nitrogens is 4. The average molecular weight is 843 g/mol. The summed E-state index contributed by atoms with van der Waals surface area (Å²) in [5.41, 5.74) is 17.6. The van der Waals surface area contributed by atoms with Crippen molar-refractivity contribution in [1.82, 2.24) is 19.9 Å². The zero-order valence-electron chi connectivity index (χ0n) is 36.0. The molecule has 0 spiro atoms. The predicted octanol–water partition coefficient (Wildman–Crippen LogP) is 15.9. The van der Waals surface area contributed by atoms with Crippen LogP contribution in [0.1, 0.15) is 0 Å². The van der Waals surface area contributed by atoms with Gasteiger partial charge in [-0.2, -0.15) is 0 Å². The van der Waals surface area contributed by atoms with Crippen LogP contribution in [0.25, 0.3) is 112 Å². The Hall–Kier alpha value is -8.86. The van der Waals surface area contributed by atoms with Crippen molar-refractivity contribution in [3.63, 3.8) is 0 Å². The van der Waals surface area contributed by atoms with Crippen molar-refractivity contribution in [2.24, 2.45) is 0 Å². The second-order valence-electron chi connectivity index (χ2n) is 16.2. The van der Waals surface area contributed by atoms with Crippen molar-refractivity contribution in [2.45, 2.75) is 0 Å². The van der Waals surface area contributed by atoms with Gasteiger partial charge in [0.1, 0.15) is 0 Å². The Morgan fingerprint density at radius 3 is 0.848 bits per heavy atom. The van der Waals surface area contributed by atoms with Gasteiger partial charge in [0.15, 0.2) is 17.5 Å². The van der Waals surface area contributed by atoms with E-state index in [4.69, 9.17) is 19.9 Å². The van der Waals surface area contributed by atoms with E-state index in [0.717, 1.165) is 94.8 Å². The second kappa shape index (κ2) is 18.1. The number of pyridine rings is 1. The van der Waals surface area contributed by atoms with E-state index in [1.807, 2.05) is 36.4 Å². The Labute approximate surface area is 385 Å². The number of hydrogen-bond donors (Lipinski definition) is 0. The Bertz CT molecular complexity index is 3330. The van der Waals surface area contributed by atoms with Crippen LogP contribution in [0.2, 0.25) is 0 Å². The summed E-state index contributed by atoms with van der Waals surface area (Å²) in [6.07, 6.45) is 0. The summed E-state index contributed by atoms with van der Waals surface area (Å²) in [6.45, 7) is 0. The summed E-state index contributed by atoms with van der Waals surface area (Å²) in [5.74, 6) is 1.84. The lowest BCUT2D eigenvalue weighted by Crippen LogP contribution is -2.01. The summed E-state index contributed by atoms with van der Waals surface area (Å²) in [4.78, 5) is 21.0. The van der Waals surface area contributed by atoms with Crippen LogP contribution in [0.4, 0.5) is 0 Å². The topological polar surface area (TPSA) is 51.6 Å². The molecule has 0 saturated heterocycles. The number of nitrogens with zero attached hydrogens (tertiary/aromatic N) is 4. The van der Waals surface area contributed by atoms with E-state index in [1.54, 1.807) is 0 Å². The van der Waals surface area contributed by atoms with Crippen LogP contribution in [0.15, 0.2) is 255 Å². The average Bonchev–Trinajstić information content (AvgIpc) is 3.41. The van der Waals surface area contributed by atoms with Crippen molar-refractivity contribution in [2.75, 3.05) is 0 Å². The van der Waals surface area contributed by atoms with Gasteiger partial charge in [-0.3, -0.25) is 0 Å². The molecule has 0 unspecified atom stereocenters. The van der Waals surface area contributed by atoms with Crippen LogP contribution >= 0.6 is 0 Å². The van der Waals surface area contributed by atoms with Crippen molar-refractivity contribution in [3.8, 4) is 112 Å². The first kappa shape index (κ1) is 40.0. The van der Waals surface area contributed by atoms with E-state index >= 15 is 0 Å². The minimum absolute atomic E-state index is 0.605. The van der Waals surface area contributed by atoms with E-state index in [9.17, 15) is 0 Å². The van der Waals surface area contributed by atoms with Gasteiger partial charge in [-0.1, -0.05) is 237 Å². The van der Waals surface area contributed by atoms with Crippen molar-refractivity contribution in [1.29, 1.82) is 0 Å². The molecule has 0 fully saturated rings. The van der Waals surface area contributed by atoms with Gasteiger partial charge in [0.05, 0.1) is 11.4 Å². The highest BCUT2D eigenvalue weighted by Crippen LogP contribution is 2.49. The minimum Gasteiger partial charge on any atom is -0.246 e. The minimum atomic E-state index is 0.605. The molecule has 11 aromatic rings. The van der Waals surface area contributed by atoms with Crippen molar-refractivity contribution < 1.29 is 0 Å². The maximum atomic E-state index is 5.64. The lowest BCUT2D eigenvalue weighted by molar-refractivity contribution is 1.07. The molecule has 9 aromatic carbocycles. The third-order valence-corrected chi connectivity index (χ3v) is 11.9. The lowest BCUT2D eigenvalue weighted by Gasteiger charge is -2.23. The van der Waals surface area contributed by atoms with Gasteiger partial charge >= 0.3 is 0 Å². The molecule has 0 aliphatic carbocycles. The molecule has 0 aliphatic heterocycles. The van der Waals surface area contributed by atoms with Gasteiger partial charge in [-0.05, 0) is 57.1 Å². The van der Waals surface area contributed by atoms with Crippen LogP contribution in [-0.4, -0.2) is 19.9 Å². The summed E-state index contributed by atoms with van der Waals surface area (Å²) in [7, 11) is 0. The van der Waals surface area contributed by atoms with E-state index < -0.39 is 0 Å². The molecule has 4 heteroatoms. The molecule has 0 radical (unpaired) electrons. The SMILES string of the molecule is c1ccc(-c2cccc(-c3nc(-c4ccccc4)nc(-c4cccc(-c5cccc(-c6c(-c7ccccc7)c(-c7ccccc7)nc(-c7ccccc7)c6-c6ccccc6)c5)c4)n3)c2)cc1. The summed E-state index contributed by atoms with van der Waals surface area (Å²) < 4.78 is 0. The zero-order valence-corrected chi connectivity index (χ0v) is 36.0. The summed E-state index contributed by atoms with van der Waals surface area (Å²) in [5, 5.41) is 0. The smallest absolute Gasteiger partial charge is 0.164 e. The van der Waals surface area contributed by atoms with Gasteiger partial charge in [0.25, 0.3) is 0 Å². The summed E-state index contributed by atoms with van der Waals surface area (Å²) in [6, 6.07) is 88.9. The number of hydrogen-bond acceptors (Lipinski definition) is 4. The van der Waals surface area contributed by atoms with Crippen molar-refractivity contribution in [3.05, 3.63) is 255 Å². The van der Waals surface area contributed by atoms with E-state index in [-0.39, 0.29) is 0 Å². The van der Waals surface area contributed by atoms with Gasteiger partial charge in [-0.25, -0.2) is 19.9 Å². The molecule has 66 heavy (non-hydrogen) atoms. The van der Waals surface area contributed by atoms with Crippen LogP contribution in [0.5, 0.6) is 0 Å². The molecule has 2 heterocycles. The van der Waals surface area contributed by atoms with Gasteiger partial charge in [0, 0.05) is 44.5 Å². The highest BCUT2D eigenvalue weighted by atomic mass is 15.0. The highest BCUT2D eigenvalue weighted by molar-refractivity contribution is 6.05. The molecular formula is C62H42N4. The number of benzene rings is 9. The van der Waals surface area contributed by atoms with Crippen LogP contribution in [-0.2, 0) is 0 Å². The fourth-order valence-corrected chi connectivity index (χ4v) is 8.77. The first-order chi connectivity index (χ1) is 32.7. The summed E-state index contributed by atoms with van der Waals surface area (Å²) >= 11 is 0. The Morgan fingerprint density at radius 2 is 0.439 bits per heavy atom. The monoisotopic (exact) mass is 842 g/mol. The predicted molar refractivity (Wildman–Crippen MR) is 272 cm³/mol. The molecule has 310 valence electrons. The van der Waals surface area contributed by atoms with Gasteiger partial charge in [-0.15, -0.1) is 0 Å². The molecule has 11 rings (SSSR count). The van der Waals surface area contributed by atoms with Gasteiger partial charge in [0.2, 0.25) is 0 Å². The maximum Gasteiger partial charge on any atom is 0.164 e. The third-order valence-electron chi connectivity index (χ3n) is 11.9. The fraction of sp³-hybridized carbons (Fsp3) is 0. The molecule has 0 amide bonds. The Kier molecular flexibility index (Phi) is 10.9. The molecule has 0 saturated carbocycles. The lowest BCUT2D eigenvalue weighted by atomic mass is 9.82. The fourth-order valence-electron chi connectivity index (χ4n) is 8.77. The first-order valence-electron chi connectivity index (χ1n) is 22.2. The third kappa shape index (κ3) is 8.11. The first-order valence-corrected chi connectivity index (χ1v) is 22.2. The normalized spacial score (nSPS) is 11.0. The van der Waals surface area contributed by atoms with E-state index in [1.165, 1.54) is 0 Å². The second-order valence-corrected chi connectivity index (χ2v) is 16.2. The quantitative estimate of drug-likeness (QED) is 0.138. The molecule has 0 N–H and O–H groups in total. The van der Waals surface area contributed by atoms with E-state index in [0.29, 0.717) is 17.5 Å². The standard InChI is InChI=1S/C62H42N4/c1-7-22-43(23-8-1)49-34-20-38-53(41-49)61-64-60(48-32-17-6-18-33-48)65-62(66-61)54-39-21-36-51(42-54)50-35-19-37-52(40-50)55-56(44-24-9-2-10-25-44)58(46-28-13-4-14-29-46)63-59(47-30-15-5-16-31-47)57(55)45-26-11-3-12-27-45/h1-42H. The molecular weight excluding hydrogens is 801 g/mol. The Morgan fingerprint density at radius 1 is 0.167 bits per heavy atom. The Balaban J connectivity index is 1.10. The zero-order chi connectivity index (χ0) is 44.1. The van der Waals surface area contributed by atoms with Crippen molar-refractivity contribution >= 4 is 0 Å². The molecule has 0 atom stereocenters. The molecule has 2 aromatic heterocycles. The van der Waals surface area contributed by atoms with Crippen LogP contribution < -0.4 is 0 Å². The number of rotatable bonds is 10. The maximum absolute atomic E-state index is 5.64. The highest BCUT2D eigenvalue weighted by Gasteiger charge is 2.25. The molecule has 0 aliphatic rings. The molecule has 0 bridgehead atoms. The largest absolute Gasteiger partial charge is 0.246 e.